The molecule has 1 N–H and O–H groups in total. The molecule has 7 heteroatoms. The zero-order chi connectivity index (χ0) is 23.6. The van der Waals surface area contributed by atoms with Crippen molar-refractivity contribution in [3.63, 3.8) is 0 Å². The average Bonchev–Trinajstić information content (AvgIpc) is 2.73. The number of rotatable bonds is 7. The maximum absolute atomic E-state index is 12.7. The molecule has 5 nitrogen and oxygen atoms in total. The predicted octanol–water partition coefficient (Wildman–Crippen LogP) is 4.45. The molecule has 170 valence electrons. The standard InChI is InChI=1S/C25H29O5PS/c1-16(2)19-11-7-9-13-21(19)31(22-14-10-8-12-20(22)29-5)23-15-17(3)24(30-6)18(4)25(23)32(26,27)28/h7-16H,1-6H3,(H,26,27,28). The van der Waals surface area contributed by atoms with Gasteiger partial charge in [0.2, 0.25) is 0 Å². The predicted molar refractivity (Wildman–Crippen MR) is 132 cm³/mol. The Balaban J connectivity index is 2.52. The van der Waals surface area contributed by atoms with Crippen LogP contribution in [-0.2, 0) is 10.1 Å². The number of hydrogen-bond donors (Lipinski definition) is 1. The van der Waals surface area contributed by atoms with Gasteiger partial charge in [0.25, 0.3) is 10.1 Å². The summed E-state index contributed by atoms with van der Waals surface area (Å²) in [4.78, 5) is -0.101. The Hall–Kier alpha value is -2.40. The molecular weight excluding hydrogens is 443 g/mol. The highest BCUT2D eigenvalue weighted by Crippen LogP contribution is 2.43. The van der Waals surface area contributed by atoms with E-state index in [2.05, 4.69) is 19.9 Å². The Labute approximate surface area is 191 Å². The first-order chi connectivity index (χ1) is 15.1. The lowest BCUT2D eigenvalue weighted by atomic mass is 10.0. The largest absolute Gasteiger partial charge is 0.496 e. The van der Waals surface area contributed by atoms with Crippen LogP contribution in [0.5, 0.6) is 11.5 Å². The molecule has 3 rings (SSSR count). The van der Waals surface area contributed by atoms with Gasteiger partial charge in [-0.1, -0.05) is 56.3 Å². The Bertz CT molecular complexity index is 1240. The fourth-order valence-electron chi connectivity index (χ4n) is 4.12. The summed E-state index contributed by atoms with van der Waals surface area (Å²) in [6.45, 7) is 7.78. The van der Waals surface area contributed by atoms with Crippen LogP contribution in [0.1, 0.15) is 36.5 Å². The van der Waals surface area contributed by atoms with Gasteiger partial charge in [0.15, 0.2) is 0 Å². The van der Waals surface area contributed by atoms with E-state index in [1.54, 1.807) is 14.0 Å². The third-order valence-electron chi connectivity index (χ3n) is 5.45. The quantitative estimate of drug-likeness (QED) is 0.406. The number of benzene rings is 3. The van der Waals surface area contributed by atoms with E-state index in [0.717, 1.165) is 21.7 Å². The van der Waals surface area contributed by atoms with Crippen molar-refractivity contribution in [3.05, 3.63) is 71.3 Å². The van der Waals surface area contributed by atoms with E-state index in [4.69, 9.17) is 9.47 Å². The first-order valence-electron chi connectivity index (χ1n) is 10.3. The maximum Gasteiger partial charge on any atom is 0.295 e. The van der Waals surface area contributed by atoms with Crippen molar-refractivity contribution in [2.24, 2.45) is 0 Å². The molecule has 32 heavy (non-hydrogen) atoms. The van der Waals surface area contributed by atoms with Gasteiger partial charge < -0.3 is 9.47 Å². The van der Waals surface area contributed by atoms with Crippen LogP contribution < -0.4 is 25.4 Å². The molecule has 0 spiro atoms. The summed E-state index contributed by atoms with van der Waals surface area (Å²) in [5.74, 6) is 1.35. The molecular formula is C25H29O5PS. The molecule has 0 saturated carbocycles. The SMILES string of the molecule is COc1ccccc1P(c1ccccc1C(C)C)c1cc(C)c(OC)c(C)c1S(=O)(=O)O. The zero-order valence-electron chi connectivity index (χ0n) is 19.2. The van der Waals surface area contributed by atoms with Gasteiger partial charge in [-0.25, -0.2) is 0 Å². The van der Waals surface area contributed by atoms with Crippen molar-refractivity contribution in [3.8, 4) is 11.5 Å². The van der Waals surface area contributed by atoms with Gasteiger partial charge >= 0.3 is 0 Å². The van der Waals surface area contributed by atoms with Crippen LogP contribution >= 0.6 is 7.92 Å². The average molecular weight is 473 g/mol. The van der Waals surface area contributed by atoms with Crippen molar-refractivity contribution in [1.29, 1.82) is 0 Å². The summed E-state index contributed by atoms with van der Waals surface area (Å²) in [5, 5.41) is 2.46. The number of ether oxygens (including phenoxy) is 2. The van der Waals surface area contributed by atoms with Crippen molar-refractivity contribution in [2.45, 2.75) is 38.5 Å². The highest BCUT2D eigenvalue weighted by Gasteiger charge is 2.32. The van der Waals surface area contributed by atoms with Crippen LogP contribution in [0.4, 0.5) is 0 Å². The van der Waals surface area contributed by atoms with Crippen molar-refractivity contribution < 1.29 is 22.4 Å². The molecule has 3 aromatic rings. The van der Waals surface area contributed by atoms with E-state index in [-0.39, 0.29) is 10.8 Å². The van der Waals surface area contributed by atoms with Gasteiger partial charge in [0, 0.05) is 16.2 Å². The second-order valence-electron chi connectivity index (χ2n) is 7.90. The second kappa shape index (κ2) is 9.62. The summed E-state index contributed by atoms with van der Waals surface area (Å²) in [6, 6.07) is 17.5. The third-order valence-corrected chi connectivity index (χ3v) is 9.22. The van der Waals surface area contributed by atoms with Gasteiger partial charge in [0.05, 0.1) is 14.2 Å². The lowest BCUT2D eigenvalue weighted by Gasteiger charge is -2.28. The lowest BCUT2D eigenvalue weighted by molar-refractivity contribution is 0.406. The van der Waals surface area contributed by atoms with E-state index in [0.29, 0.717) is 22.4 Å². The molecule has 0 heterocycles. The van der Waals surface area contributed by atoms with Crippen LogP contribution in [0.15, 0.2) is 59.5 Å². The Morgan fingerprint density at radius 1 is 0.875 bits per heavy atom. The highest BCUT2D eigenvalue weighted by atomic mass is 32.2. The summed E-state index contributed by atoms with van der Waals surface area (Å²) in [6.07, 6.45) is 0. The molecule has 0 aliphatic rings. The van der Waals surface area contributed by atoms with E-state index in [9.17, 15) is 13.0 Å². The molecule has 0 saturated heterocycles. The van der Waals surface area contributed by atoms with E-state index in [1.165, 1.54) is 7.11 Å². The molecule has 0 aromatic heterocycles. The van der Waals surface area contributed by atoms with Gasteiger partial charge in [-0.3, -0.25) is 4.55 Å². The Kier molecular flexibility index (Phi) is 7.29. The summed E-state index contributed by atoms with van der Waals surface area (Å²) in [5.41, 5.74) is 2.32. The molecule has 1 unspecified atom stereocenters. The van der Waals surface area contributed by atoms with Gasteiger partial charge in [-0.05, 0) is 56.3 Å². The highest BCUT2D eigenvalue weighted by molar-refractivity contribution is 7.88. The van der Waals surface area contributed by atoms with E-state index < -0.39 is 18.0 Å². The van der Waals surface area contributed by atoms with Crippen LogP contribution in [0.2, 0.25) is 0 Å². The molecule has 0 aliphatic carbocycles. The van der Waals surface area contributed by atoms with Gasteiger partial charge in [0.1, 0.15) is 16.4 Å². The van der Waals surface area contributed by atoms with Crippen molar-refractivity contribution in [2.75, 3.05) is 14.2 Å². The zero-order valence-corrected chi connectivity index (χ0v) is 20.9. The molecule has 0 radical (unpaired) electrons. The van der Waals surface area contributed by atoms with Crippen LogP contribution in [0.3, 0.4) is 0 Å². The summed E-state index contributed by atoms with van der Waals surface area (Å²) < 4.78 is 46.8. The van der Waals surface area contributed by atoms with Crippen LogP contribution in [-0.4, -0.2) is 27.2 Å². The number of methoxy groups -OCH3 is 2. The molecule has 3 aromatic carbocycles. The molecule has 0 aliphatic heterocycles. The minimum Gasteiger partial charge on any atom is -0.496 e. The first kappa shape index (κ1) is 24.2. The first-order valence-corrected chi connectivity index (χ1v) is 13.1. The summed E-state index contributed by atoms with van der Waals surface area (Å²) >= 11 is 0. The second-order valence-corrected chi connectivity index (χ2v) is 11.4. The topological polar surface area (TPSA) is 72.8 Å². The minimum atomic E-state index is -4.53. The molecule has 0 amide bonds. The van der Waals surface area contributed by atoms with Gasteiger partial charge in [-0.15, -0.1) is 0 Å². The number of hydrogen-bond acceptors (Lipinski definition) is 4. The molecule has 0 fully saturated rings. The Morgan fingerprint density at radius 2 is 1.47 bits per heavy atom. The number of aryl methyl sites for hydroxylation is 1. The lowest BCUT2D eigenvalue weighted by Crippen LogP contribution is -2.29. The van der Waals surface area contributed by atoms with E-state index in [1.807, 2.05) is 55.5 Å². The maximum atomic E-state index is 12.7. The summed E-state index contributed by atoms with van der Waals surface area (Å²) in [7, 11) is -2.81. The van der Waals surface area contributed by atoms with Crippen LogP contribution in [0, 0.1) is 13.8 Å². The normalized spacial score (nSPS) is 12.6. The monoisotopic (exact) mass is 472 g/mol. The van der Waals surface area contributed by atoms with Crippen LogP contribution in [0.25, 0.3) is 0 Å². The fourth-order valence-corrected chi connectivity index (χ4v) is 8.46. The fraction of sp³-hybridized carbons (Fsp3) is 0.280. The molecule has 0 bridgehead atoms. The van der Waals surface area contributed by atoms with E-state index >= 15 is 0 Å². The van der Waals surface area contributed by atoms with Gasteiger partial charge in [-0.2, -0.15) is 8.42 Å². The molecule has 1 atom stereocenters. The van der Waals surface area contributed by atoms with Crippen molar-refractivity contribution in [1.82, 2.24) is 0 Å². The Morgan fingerprint density at radius 3 is 2.03 bits per heavy atom. The third kappa shape index (κ3) is 4.54. The minimum absolute atomic E-state index is 0.101. The van der Waals surface area contributed by atoms with Crippen molar-refractivity contribution >= 4 is 34.0 Å². The smallest absolute Gasteiger partial charge is 0.295 e. The number of para-hydroxylation sites is 1.